The zero-order valence-corrected chi connectivity index (χ0v) is 15.0. The van der Waals surface area contributed by atoms with Crippen molar-refractivity contribution in [2.45, 2.75) is 31.6 Å². The van der Waals surface area contributed by atoms with Gasteiger partial charge in [0.1, 0.15) is 11.6 Å². The highest BCUT2D eigenvalue weighted by atomic mass is 16.1. The molecular formula is C21H21N5O. The summed E-state index contributed by atoms with van der Waals surface area (Å²) in [5.74, 6) is 2.43. The van der Waals surface area contributed by atoms with Crippen LogP contribution >= 0.6 is 0 Å². The summed E-state index contributed by atoms with van der Waals surface area (Å²) in [5, 5.41) is 3.02. The average Bonchev–Trinajstić information content (AvgIpc) is 3.35. The van der Waals surface area contributed by atoms with Gasteiger partial charge in [-0.15, -0.1) is 0 Å². The van der Waals surface area contributed by atoms with Gasteiger partial charge in [0.2, 0.25) is 0 Å². The highest BCUT2D eigenvalue weighted by Crippen LogP contribution is 2.39. The summed E-state index contributed by atoms with van der Waals surface area (Å²) in [5.41, 5.74) is 2.51. The Bertz CT molecular complexity index is 1120. The van der Waals surface area contributed by atoms with E-state index in [0.29, 0.717) is 18.2 Å². The molecule has 1 fully saturated rings. The number of carbonyl (C=O) groups excluding carboxylic acids is 1. The molecule has 0 aliphatic heterocycles. The molecule has 0 radical (unpaired) electrons. The van der Waals surface area contributed by atoms with Crippen molar-refractivity contribution in [2.24, 2.45) is 0 Å². The molecule has 6 nitrogen and oxygen atoms in total. The van der Waals surface area contributed by atoms with Crippen LogP contribution in [0.2, 0.25) is 0 Å². The van der Waals surface area contributed by atoms with Crippen molar-refractivity contribution in [1.29, 1.82) is 0 Å². The SMILES string of the molecule is O=C(NCCCc1ncc2ccccn12)c1nc(C2CC2)n2ccccc12. The number of pyridine rings is 2. The number of aryl methyl sites for hydroxylation is 1. The van der Waals surface area contributed by atoms with Gasteiger partial charge in [-0.3, -0.25) is 4.79 Å². The number of hydrogen-bond acceptors (Lipinski definition) is 3. The Kier molecular flexibility index (Phi) is 3.89. The molecular weight excluding hydrogens is 338 g/mol. The summed E-state index contributed by atoms with van der Waals surface area (Å²) < 4.78 is 4.15. The molecule has 0 saturated heterocycles. The quantitative estimate of drug-likeness (QED) is 0.538. The Labute approximate surface area is 156 Å². The van der Waals surface area contributed by atoms with Crippen LogP contribution in [0.3, 0.4) is 0 Å². The van der Waals surface area contributed by atoms with Gasteiger partial charge in [0.25, 0.3) is 5.91 Å². The molecule has 1 N–H and O–H groups in total. The third-order valence-electron chi connectivity index (χ3n) is 5.11. The Balaban J connectivity index is 1.25. The molecule has 1 aliphatic rings. The molecule has 1 aliphatic carbocycles. The Hall–Kier alpha value is -3.15. The van der Waals surface area contributed by atoms with Gasteiger partial charge in [0.05, 0.1) is 17.2 Å². The molecule has 4 heterocycles. The molecule has 27 heavy (non-hydrogen) atoms. The van der Waals surface area contributed by atoms with Crippen molar-refractivity contribution in [3.63, 3.8) is 0 Å². The monoisotopic (exact) mass is 359 g/mol. The topological polar surface area (TPSA) is 63.7 Å². The number of nitrogens with one attached hydrogen (secondary N) is 1. The molecule has 1 amide bonds. The lowest BCUT2D eigenvalue weighted by Crippen LogP contribution is -2.25. The van der Waals surface area contributed by atoms with E-state index in [0.717, 1.165) is 48.4 Å². The first kappa shape index (κ1) is 16.1. The van der Waals surface area contributed by atoms with Crippen LogP contribution in [0.4, 0.5) is 0 Å². The minimum Gasteiger partial charge on any atom is -0.351 e. The number of aromatic nitrogens is 4. The van der Waals surface area contributed by atoms with Crippen LogP contribution in [0, 0.1) is 0 Å². The van der Waals surface area contributed by atoms with Crippen LogP contribution in [0.25, 0.3) is 11.0 Å². The van der Waals surface area contributed by atoms with Crippen LogP contribution in [0.1, 0.15) is 47.3 Å². The molecule has 4 aromatic rings. The van der Waals surface area contributed by atoms with Gasteiger partial charge in [-0.1, -0.05) is 12.1 Å². The van der Waals surface area contributed by atoms with Gasteiger partial charge >= 0.3 is 0 Å². The van der Waals surface area contributed by atoms with Gasteiger partial charge in [-0.25, -0.2) is 9.97 Å². The highest BCUT2D eigenvalue weighted by Gasteiger charge is 2.30. The van der Waals surface area contributed by atoms with Crippen molar-refractivity contribution in [3.8, 4) is 0 Å². The van der Waals surface area contributed by atoms with E-state index in [9.17, 15) is 4.79 Å². The van der Waals surface area contributed by atoms with E-state index >= 15 is 0 Å². The maximum Gasteiger partial charge on any atom is 0.272 e. The molecule has 0 spiro atoms. The fourth-order valence-electron chi connectivity index (χ4n) is 3.57. The van der Waals surface area contributed by atoms with Gasteiger partial charge in [0.15, 0.2) is 5.69 Å². The number of hydrogen-bond donors (Lipinski definition) is 1. The number of carbonyl (C=O) groups is 1. The molecule has 0 unspecified atom stereocenters. The molecule has 1 saturated carbocycles. The van der Waals surface area contributed by atoms with Crippen molar-refractivity contribution < 1.29 is 4.79 Å². The minimum atomic E-state index is -0.0985. The third-order valence-corrected chi connectivity index (χ3v) is 5.11. The second-order valence-electron chi connectivity index (χ2n) is 7.08. The van der Waals surface area contributed by atoms with E-state index < -0.39 is 0 Å². The first-order valence-electron chi connectivity index (χ1n) is 9.47. The van der Waals surface area contributed by atoms with Gasteiger partial charge in [-0.05, 0) is 43.5 Å². The zero-order valence-electron chi connectivity index (χ0n) is 15.0. The average molecular weight is 359 g/mol. The largest absolute Gasteiger partial charge is 0.351 e. The Morgan fingerprint density at radius 3 is 2.78 bits per heavy atom. The molecule has 5 rings (SSSR count). The van der Waals surface area contributed by atoms with Gasteiger partial charge in [-0.2, -0.15) is 0 Å². The van der Waals surface area contributed by atoms with Crippen molar-refractivity contribution in [2.75, 3.05) is 6.54 Å². The summed E-state index contributed by atoms with van der Waals surface area (Å²) in [4.78, 5) is 21.8. The van der Waals surface area contributed by atoms with E-state index in [4.69, 9.17) is 0 Å². The first-order valence-corrected chi connectivity index (χ1v) is 9.47. The second kappa shape index (κ2) is 6.54. The minimum absolute atomic E-state index is 0.0985. The molecule has 0 bridgehead atoms. The normalized spacial score (nSPS) is 14.1. The molecule has 0 aromatic carbocycles. The van der Waals surface area contributed by atoms with Crippen molar-refractivity contribution in [1.82, 2.24) is 24.1 Å². The summed E-state index contributed by atoms with van der Waals surface area (Å²) in [6.07, 6.45) is 9.87. The molecule has 136 valence electrons. The molecule has 6 heteroatoms. The summed E-state index contributed by atoms with van der Waals surface area (Å²) in [6, 6.07) is 11.9. The van der Waals surface area contributed by atoms with E-state index in [2.05, 4.69) is 24.1 Å². The summed E-state index contributed by atoms with van der Waals surface area (Å²) in [6.45, 7) is 0.602. The van der Waals surface area contributed by atoms with Gasteiger partial charge < -0.3 is 14.1 Å². The van der Waals surface area contributed by atoms with Crippen molar-refractivity contribution in [3.05, 3.63) is 72.3 Å². The highest BCUT2D eigenvalue weighted by molar-refractivity contribution is 5.99. The van der Waals surface area contributed by atoms with Crippen LogP contribution in [-0.2, 0) is 6.42 Å². The standard InChI is InChI=1S/C21H21N5O/c27-21(19-17-7-2-4-13-26(17)20(24-19)15-9-10-15)22-11-5-8-18-23-14-16-6-1-3-12-25(16)18/h1-4,6-7,12-15H,5,8-11H2,(H,22,27). The smallest absolute Gasteiger partial charge is 0.272 e. The van der Waals surface area contributed by atoms with Gasteiger partial charge in [0, 0.05) is 31.3 Å². The third kappa shape index (κ3) is 2.97. The number of rotatable bonds is 6. The van der Waals surface area contributed by atoms with E-state index in [1.54, 1.807) is 0 Å². The molecule has 0 atom stereocenters. The van der Waals surface area contributed by atoms with Crippen LogP contribution in [0.5, 0.6) is 0 Å². The molecule has 4 aromatic heterocycles. The summed E-state index contributed by atoms with van der Waals surface area (Å²) in [7, 11) is 0. The predicted molar refractivity (Wildman–Crippen MR) is 103 cm³/mol. The zero-order chi connectivity index (χ0) is 18.2. The number of nitrogens with zero attached hydrogens (tertiary/aromatic N) is 4. The maximum absolute atomic E-state index is 12.7. The van der Waals surface area contributed by atoms with Crippen LogP contribution in [0.15, 0.2) is 55.0 Å². The lowest BCUT2D eigenvalue weighted by atomic mass is 10.2. The Morgan fingerprint density at radius 1 is 1.11 bits per heavy atom. The lowest BCUT2D eigenvalue weighted by Gasteiger charge is -2.04. The number of imidazole rings is 2. The van der Waals surface area contributed by atoms with Crippen LogP contribution in [-0.4, -0.2) is 31.2 Å². The van der Waals surface area contributed by atoms with Crippen molar-refractivity contribution >= 4 is 16.9 Å². The van der Waals surface area contributed by atoms with E-state index in [1.165, 1.54) is 0 Å². The number of fused-ring (bicyclic) bond motifs is 2. The predicted octanol–water partition coefficient (Wildman–Crippen LogP) is 3.22. The lowest BCUT2D eigenvalue weighted by molar-refractivity contribution is 0.0950. The van der Waals surface area contributed by atoms with E-state index in [1.807, 2.05) is 55.0 Å². The fraction of sp³-hybridized carbons (Fsp3) is 0.286. The maximum atomic E-state index is 12.7. The first-order chi connectivity index (χ1) is 13.3. The second-order valence-corrected chi connectivity index (χ2v) is 7.08. The number of amides is 1. The Morgan fingerprint density at radius 2 is 1.93 bits per heavy atom. The fourth-order valence-corrected chi connectivity index (χ4v) is 3.57. The van der Waals surface area contributed by atoms with Crippen LogP contribution < -0.4 is 5.32 Å². The van der Waals surface area contributed by atoms with E-state index in [-0.39, 0.29) is 5.91 Å². The summed E-state index contributed by atoms with van der Waals surface area (Å²) >= 11 is 0.